The zero-order valence-corrected chi connectivity index (χ0v) is 11.2. The van der Waals surface area contributed by atoms with Crippen molar-refractivity contribution in [1.29, 1.82) is 0 Å². The molecule has 5 heteroatoms. The van der Waals surface area contributed by atoms with E-state index in [1.165, 1.54) is 4.31 Å². The summed E-state index contributed by atoms with van der Waals surface area (Å²) in [7, 11) is -3.40. The molecule has 1 aromatic rings. The maximum atomic E-state index is 12.4. The summed E-state index contributed by atoms with van der Waals surface area (Å²) in [6.45, 7) is 4.97. The van der Waals surface area contributed by atoms with Gasteiger partial charge < -0.3 is 5.73 Å². The summed E-state index contributed by atoms with van der Waals surface area (Å²) < 4.78 is 26.3. The van der Waals surface area contributed by atoms with E-state index in [1.54, 1.807) is 25.1 Å². The Bertz CT molecular complexity index is 451. The van der Waals surface area contributed by atoms with Crippen LogP contribution < -0.4 is 5.73 Å². The lowest BCUT2D eigenvalue weighted by Crippen LogP contribution is -2.36. The van der Waals surface area contributed by atoms with Crippen LogP contribution in [-0.2, 0) is 10.0 Å². The van der Waals surface area contributed by atoms with Crippen LogP contribution in [0.1, 0.15) is 18.9 Å². The maximum Gasteiger partial charge on any atom is 0.243 e. The molecule has 1 rings (SSSR count). The van der Waals surface area contributed by atoms with Gasteiger partial charge in [0.1, 0.15) is 0 Å². The van der Waals surface area contributed by atoms with Crippen molar-refractivity contribution in [2.24, 2.45) is 5.73 Å². The average molecular weight is 256 g/mol. The molecule has 2 N–H and O–H groups in total. The second-order valence-corrected chi connectivity index (χ2v) is 5.86. The van der Waals surface area contributed by atoms with E-state index >= 15 is 0 Å². The number of rotatable bonds is 6. The van der Waals surface area contributed by atoms with Crippen LogP contribution >= 0.6 is 0 Å². The predicted octanol–water partition coefficient (Wildman–Crippen LogP) is 1.35. The van der Waals surface area contributed by atoms with Gasteiger partial charge in [0.15, 0.2) is 0 Å². The number of hydrogen-bond donors (Lipinski definition) is 1. The lowest BCUT2D eigenvalue weighted by atomic mass is 10.2. The molecule has 0 unspecified atom stereocenters. The summed E-state index contributed by atoms with van der Waals surface area (Å²) in [5, 5.41) is 0. The highest BCUT2D eigenvalue weighted by Crippen LogP contribution is 2.19. The Morgan fingerprint density at radius 2 is 1.88 bits per heavy atom. The minimum Gasteiger partial charge on any atom is -0.329 e. The third kappa shape index (κ3) is 3.28. The largest absolute Gasteiger partial charge is 0.329 e. The zero-order chi connectivity index (χ0) is 12.9. The Morgan fingerprint density at radius 3 is 2.41 bits per heavy atom. The van der Waals surface area contributed by atoms with E-state index in [4.69, 9.17) is 5.73 Å². The Hall–Kier alpha value is -0.910. The molecule has 0 aliphatic heterocycles. The van der Waals surface area contributed by atoms with E-state index in [1.807, 2.05) is 13.0 Å². The van der Waals surface area contributed by atoms with Crippen LogP contribution in [0.5, 0.6) is 0 Å². The number of nitrogens with zero attached hydrogens (tertiary/aromatic N) is 1. The Labute approximate surface area is 103 Å². The Kier molecular flexibility index (Phi) is 5.11. The number of nitrogens with two attached hydrogens (primary N) is 1. The molecule has 0 heterocycles. The minimum absolute atomic E-state index is 0.338. The number of hydrogen-bond acceptors (Lipinski definition) is 3. The van der Waals surface area contributed by atoms with Crippen molar-refractivity contribution in [1.82, 2.24) is 4.31 Å². The normalized spacial score (nSPS) is 12.0. The molecule has 0 aliphatic rings. The van der Waals surface area contributed by atoms with Gasteiger partial charge in [-0.25, -0.2) is 8.42 Å². The van der Waals surface area contributed by atoms with E-state index in [0.717, 1.165) is 12.0 Å². The fraction of sp³-hybridized carbons (Fsp3) is 0.500. The molecule has 1 aromatic carbocycles. The summed E-state index contributed by atoms with van der Waals surface area (Å²) in [6, 6.07) is 7.02. The fourth-order valence-electron chi connectivity index (χ4n) is 1.73. The van der Waals surface area contributed by atoms with Crippen molar-refractivity contribution < 1.29 is 8.42 Å². The molecular formula is C12H20N2O2S. The summed E-state index contributed by atoms with van der Waals surface area (Å²) in [5.74, 6) is 0. The second-order valence-electron chi connectivity index (χ2n) is 3.96. The van der Waals surface area contributed by atoms with Gasteiger partial charge in [0.05, 0.1) is 4.90 Å². The van der Waals surface area contributed by atoms with Gasteiger partial charge in [0, 0.05) is 19.6 Å². The zero-order valence-electron chi connectivity index (χ0n) is 10.4. The summed E-state index contributed by atoms with van der Waals surface area (Å²) in [5.41, 5.74) is 6.24. The van der Waals surface area contributed by atoms with Gasteiger partial charge in [-0.2, -0.15) is 4.31 Å². The quantitative estimate of drug-likeness (QED) is 0.835. The van der Waals surface area contributed by atoms with Crippen molar-refractivity contribution in [3.63, 3.8) is 0 Å². The van der Waals surface area contributed by atoms with Crippen molar-refractivity contribution in [2.75, 3.05) is 19.6 Å². The van der Waals surface area contributed by atoms with Crippen LogP contribution in [0.25, 0.3) is 0 Å². The van der Waals surface area contributed by atoms with Crippen LogP contribution in [0.4, 0.5) is 0 Å². The summed E-state index contributed by atoms with van der Waals surface area (Å²) in [4.78, 5) is 0.377. The topological polar surface area (TPSA) is 63.4 Å². The maximum absolute atomic E-state index is 12.4. The van der Waals surface area contributed by atoms with Gasteiger partial charge in [0.2, 0.25) is 10.0 Å². The van der Waals surface area contributed by atoms with Crippen molar-refractivity contribution in [3.8, 4) is 0 Å². The van der Waals surface area contributed by atoms with Crippen LogP contribution in [-0.4, -0.2) is 32.4 Å². The Morgan fingerprint density at radius 1 is 1.24 bits per heavy atom. The van der Waals surface area contributed by atoms with Crippen LogP contribution in [0.2, 0.25) is 0 Å². The van der Waals surface area contributed by atoms with E-state index in [0.29, 0.717) is 24.5 Å². The van der Waals surface area contributed by atoms with E-state index in [-0.39, 0.29) is 0 Å². The van der Waals surface area contributed by atoms with E-state index < -0.39 is 10.0 Å². The predicted molar refractivity (Wildman–Crippen MR) is 69.3 cm³/mol. The van der Waals surface area contributed by atoms with Crippen LogP contribution in [0, 0.1) is 6.92 Å². The smallest absolute Gasteiger partial charge is 0.243 e. The molecule has 4 nitrogen and oxygen atoms in total. The van der Waals surface area contributed by atoms with Crippen molar-refractivity contribution >= 4 is 10.0 Å². The SMILES string of the molecule is CCCN(CCN)S(=O)(=O)c1ccccc1C. The van der Waals surface area contributed by atoms with Gasteiger partial charge >= 0.3 is 0 Å². The highest BCUT2D eigenvalue weighted by atomic mass is 32.2. The van der Waals surface area contributed by atoms with Crippen LogP contribution in [0.15, 0.2) is 29.2 Å². The highest BCUT2D eigenvalue weighted by Gasteiger charge is 2.24. The van der Waals surface area contributed by atoms with E-state index in [2.05, 4.69) is 0 Å². The molecule has 0 bridgehead atoms. The first-order valence-electron chi connectivity index (χ1n) is 5.80. The minimum atomic E-state index is -3.40. The van der Waals surface area contributed by atoms with Gasteiger partial charge in [-0.15, -0.1) is 0 Å². The molecule has 0 amide bonds. The molecule has 0 fully saturated rings. The number of sulfonamides is 1. The van der Waals surface area contributed by atoms with Gasteiger partial charge in [-0.05, 0) is 25.0 Å². The molecular weight excluding hydrogens is 236 g/mol. The number of aryl methyl sites for hydroxylation is 1. The third-order valence-corrected chi connectivity index (χ3v) is 4.62. The molecule has 0 spiro atoms. The lowest BCUT2D eigenvalue weighted by Gasteiger charge is -2.21. The first-order chi connectivity index (χ1) is 8.04. The Balaban J connectivity index is 3.12. The van der Waals surface area contributed by atoms with Crippen molar-refractivity contribution in [3.05, 3.63) is 29.8 Å². The van der Waals surface area contributed by atoms with Gasteiger partial charge in [0.25, 0.3) is 0 Å². The molecule has 0 aliphatic carbocycles. The monoisotopic (exact) mass is 256 g/mol. The molecule has 17 heavy (non-hydrogen) atoms. The molecule has 0 aromatic heterocycles. The summed E-state index contributed by atoms with van der Waals surface area (Å²) in [6.07, 6.45) is 0.783. The summed E-state index contributed by atoms with van der Waals surface area (Å²) >= 11 is 0. The first-order valence-corrected chi connectivity index (χ1v) is 7.24. The van der Waals surface area contributed by atoms with Crippen molar-refractivity contribution in [2.45, 2.75) is 25.2 Å². The average Bonchev–Trinajstić information content (AvgIpc) is 2.29. The van der Waals surface area contributed by atoms with Gasteiger partial charge in [-0.1, -0.05) is 25.1 Å². The molecule has 96 valence electrons. The van der Waals surface area contributed by atoms with Crippen LogP contribution in [0.3, 0.4) is 0 Å². The van der Waals surface area contributed by atoms with Gasteiger partial charge in [-0.3, -0.25) is 0 Å². The molecule has 0 radical (unpaired) electrons. The molecule has 0 saturated heterocycles. The number of benzene rings is 1. The third-order valence-electron chi connectivity index (χ3n) is 2.56. The standard InChI is InChI=1S/C12H20N2O2S/c1-3-9-14(10-8-13)17(15,16)12-7-5-4-6-11(12)2/h4-7H,3,8-10,13H2,1-2H3. The van der Waals surface area contributed by atoms with E-state index in [9.17, 15) is 8.42 Å². The lowest BCUT2D eigenvalue weighted by molar-refractivity contribution is 0.417. The molecule has 0 atom stereocenters. The fourth-order valence-corrected chi connectivity index (χ4v) is 3.50. The highest BCUT2D eigenvalue weighted by molar-refractivity contribution is 7.89. The second kappa shape index (κ2) is 6.14. The first kappa shape index (κ1) is 14.2. The molecule has 0 saturated carbocycles.